The van der Waals surface area contributed by atoms with Gasteiger partial charge in [-0.2, -0.15) is 0 Å². The van der Waals surface area contributed by atoms with E-state index in [1.54, 1.807) is 24.3 Å². The second-order valence-electron chi connectivity index (χ2n) is 6.99. The number of carboxylic acid groups (broad SMARTS) is 1. The molecule has 0 spiro atoms. The monoisotopic (exact) mass is 389 g/mol. The number of carbonyl (C=O) groups is 1. The Bertz CT molecular complexity index is 815. The van der Waals surface area contributed by atoms with Crippen LogP contribution in [-0.2, 0) is 4.79 Å². The zero-order valence-corrected chi connectivity index (χ0v) is 16.1. The fraction of sp³-hybridized carbons (Fsp3) is 0.333. The van der Waals surface area contributed by atoms with Crippen LogP contribution < -0.4 is 0 Å². The Labute approximate surface area is 164 Å². The van der Waals surface area contributed by atoms with Gasteiger partial charge in [-0.05, 0) is 60.7 Å². The molecule has 5 nitrogen and oxygen atoms in total. The molecule has 0 fully saturated rings. The van der Waals surface area contributed by atoms with E-state index in [1.807, 2.05) is 13.8 Å². The first-order chi connectivity index (χ1) is 12.8. The molecule has 2 aromatic carbocycles. The van der Waals surface area contributed by atoms with Crippen LogP contribution in [0, 0.1) is 11.8 Å². The number of halogens is 1. The van der Waals surface area contributed by atoms with Crippen LogP contribution in [0.4, 0.5) is 0 Å². The van der Waals surface area contributed by atoms with E-state index in [2.05, 4.69) is 4.99 Å². The van der Waals surface area contributed by atoms with Gasteiger partial charge in [0.05, 0.1) is 5.71 Å². The predicted molar refractivity (Wildman–Crippen MR) is 107 cm³/mol. The van der Waals surface area contributed by atoms with E-state index in [1.165, 1.54) is 18.2 Å². The third kappa shape index (κ3) is 6.29. The normalized spacial score (nSPS) is 13.0. The number of rotatable bonds is 8. The van der Waals surface area contributed by atoms with Crippen LogP contribution in [0.25, 0.3) is 0 Å². The topological polar surface area (TPSA) is 90.1 Å². The van der Waals surface area contributed by atoms with Crippen LogP contribution in [-0.4, -0.2) is 33.5 Å². The van der Waals surface area contributed by atoms with Crippen LogP contribution in [0.2, 0.25) is 5.02 Å². The molecule has 0 unspecified atom stereocenters. The number of nitrogens with zero attached hydrogens (tertiary/aromatic N) is 1. The number of carboxylic acids is 1. The molecular weight excluding hydrogens is 366 g/mol. The predicted octanol–water partition coefficient (Wildman–Crippen LogP) is 4.73. The van der Waals surface area contributed by atoms with Crippen molar-refractivity contribution in [3.63, 3.8) is 0 Å². The Hall–Kier alpha value is -2.53. The number of aromatic hydroxyl groups is 2. The van der Waals surface area contributed by atoms with Gasteiger partial charge in [0, 0.05) is 29.1 Å². The van der Waals surface area contributed by atoms with Gasteiger partial charge >= 0.3 is 5.97 Å². The summed E-state index contributed by atoms with van der Waals surface area (Å²) in [5, 5.41) is 29.5. The summed E-state index contributed by atoms with van der Waals surface area (Å²) in [5.41, 5.74) is 1.67. The van der Waals surface area contributed by atoms with Crippen molar-refractivity contribution in [1.82, 2.24) is 0 Å². The Morgan fingerprint density at radius 1 is 1.11 bits per heavy atom. The number of phenols is 2. The first kappa shape index (κ1) is 20.8. The number of hydrogen-bond acceptors (Lipinski definition) is 4. The summed E-state index contributed by atoms with van der Waals surface area (Å²) < 4.78 is 0. The molecule has 0 heterocycles. The van der Waals surface area contributed by atoms with Gasteiger partial charge in [0.15, 0.2) is 0 Å². The average molecular weight is 390 g/mol. The highest BCUT2D eigenvalue weighted by Gasteiger charge is 2.17. The van der Waals surface area contributed by atoms with Crippen LogP contribution in [0.5, 0.6) is 11.5 Å². The van der Waals surface area contributed by atoms with Crippen molar-refractivity contribution in [3.05, 3.63) is 58.6 Å². The van der Waals surface area contributed by atoms with Crippen LogP contribution in [0.15, 0.2) is 47.5 Å². The quantitative estimate of drug-likeness (QED) is 0.569. The molecular formula is C21H24ClNO4. The third-order valence-corrected chi connectivity index (χ3v) is 4.37. The lowest BCUT2D eigenvalue weighted by molar-refractivity contribution is -0.138. The van der Waals surface area contributed by atoms with Crippen molar-refractivity contribution >= 4 is 23.3 Å². The standard InChI is InChI=1S/C21H24ClNO4/c1-13(2)9-14(10-20(26)27)12-23-21(15-3-6-17(24)7-4-15)18-11-16(22)5-8-19(18)25/h3-8,11,13-14,24-25H,9-10,12H2,1-2H3,(H,26,27)/t14-/m0/s1. The maximum absolute atomic E-state index is 11.2. The van der Waals surface area contributed by atoms with Crippen LogP contribution in [0.1, 0.15) is 37.8 Å². The summed E-state index contributed by atoms with van der Waals surface area (Å²) in [6.07, 6.45) is 0.770. The molecule has 0 saturated carbocycles. The number of aliphatic imine (C=N–C) groups is 1. The molecule has 27 heavy (non-hydrogen) atoms. The number of hydrogen-bond donors (Lipinski definition) is 3. The van der Waals surface area contributed by atoms with Crippen molar-refractivity contribution in [3.8, 4) is 11.5 Å². The first-order valence-corrected chi connectivity index (χ1v) is 9.18. The molecule has 6 heteroatoms. The summed E-state index contributed by atoms with van der Waals surface area (Å²) >= 11 is 6.09. The molecule has 0 amide bonds. The average Bonchev–Trinajstić information content (AvgIpc) is 2.58. The molecule has 0 saturated heterocycles. The number of phenolic OH excluding ortho intramolecular Hbond substituents is 2. The molecule has 0 radical (unpaired) electrons. The highest BCUT2D eigenvalue weighted by Crippen LogP contribution is 2.26. The fourth-order valence-electron chi connectivity index (χ4n) is 3.01. The van der Waals surface area contributed by atoms with E-state index in [4.69, 9.17) is 11.6 Å². The summed E-state index contributed by atoms with van der Waals surface area (Å²) in [6, 6.07) is 11.2. The lowest BCUT2D eigenvalue weighted by atomic mass is 9.94. The van der Waals surface area contributed by atoms with E-state index >= 15 is 0 Å². The molecule has 0 bridgehead atoms. The highest BCUT2D eigenvalue weighted by atomic mass is 35.5. The maximum Gasteiger partial charge on any atom is 0.303 e. The van der Waals surface area contributed by atoms with Crippen molar-refractivity contribution in [2.75, 3.05) is 6.54 Å². The molecule has 0 aliphatic carbocycles. The first-order valence-electron chi connectivity index (χ1n) is 8.80. The minimum atomic E-state index is -0.854. The van der Waals surface area contributed by atoms with Crippen molar-refractivity contribution < 1.29 is 20.1 Å². The molecule has 0 aromatic heterocycles. The molecule has 1 atom stereocenters. The Balaban J connectivity index is 2.44. The summed E-state index contributed by atoms with van der Waals surface area (Å²) in [4.78, 5) is 15.8. The van der Waals surface area contributed by atoms with E-state index in [0.29, 0.717) is 34.3 Å². The van der Waals surface area contributed by atoms with Crippen molar-refractivity contribution in [2.24, 2.45) is 16.8 Å². The van der Waals surface area contributed by atoms with Gasteiger partial charge < -0.3 is 15.3 Å². The molecule has 3 N–H and O–H groups in total. The third-order valence-electron chi connectivity index (χ3n) is 4.13. The van der Waals surface area contributed by atoms with Crippen LogP contribution >= 0.6 is 11.6 Å². The lowest BCUT2D eigenvalue weighted by Gasteiger charge is -2.17. The maximum atomic E-state index is 11.2. The summed E-state index contributed by atoms with van der Waals surface area (Å²) in [5.74, 6) is -0.466. The van der Waals surface area contributed by atoms with Gasteiger partial charge in [0.1, 0.15) is 11.5 Å². The molecule has 0 aliphatic heterocycles. The van der Waals surface area contributed by atoms with Crippen molar-refractivity contribution in [2.45, 2.75) is 26.7 Å². The minimum absolute atomic E-state index is 0.0323. The number of benzene rings is 2. The SMILES string of the molecule is CC(C)C[C@H](CN=C(c1ccc(O)cc1)c1cc(Cl)ccc1O)CC(=O)O. The second kappa shape index (κ2) is 9.42. The van der Waals surface area contributed by atoms with Gasteiger partial charge in [-0.15, -0.1) is 0 Å². The lowest BCUT2D eigenvalue weighted by Crippen LogP contribution is -2.15. The van der Waals surface area contributed by atoms with Crippen LogP contribution in [0.3, 0.4) is 0 Å². The van der Waals surface area contributed by atoms with E-state index in [9.17, 15) is 20.1 Å². The molecule has 144 valence electrons. The Morgan fingerprint density at radius 2 is 1.78 bits per heavy atom. The minimum Gasteiger partial charge on any atom is -0.508 e. The van der Waals surface area contributed by atoms with Gasteiger partial charge in [0.25, 0.3) is 0 Å². The molecule has 2 rings (SSSR count). The highest BCUT2D eigenvalue weighted by molar-refractivity contribution is 6.31. The van der Waals surface area contributed by atoms with Gasteiger partial charge in [-0.1, -0.05) is 25.4 Å². The van der Waals surface area contributed by atoms with Gasteiger partial charge in [-0.3, -0.25) is 9.79 Å². The van der Waals surface area contributed by atoms with E-state index < -0.39 is 5.97 Å². The molecule has 0 aliphatic rings. The number of aliphatic carboxylic acids is 1. The van der Waals surface area contributed by atoms with Gasteiger partial charge in [0.2, 0.25) is 0 Å². The smallest absolute Gasteiger partial charge is 0.303 e. The second-order valence-corrected chi connectivity index (χ2v) is 7.43. The molecule has 2 aromatic rings. The van der Waals surface area contributed by atoms with Crippen molar-refractivity contribution in [1.29, 1.82) is 0 Å². The van der Waals surface area contributed by atoms with E-state index in [-0.39, 0.29) is 23.8 Å². The zero-order chi connectivity index (χ0) is 20.0. The fourth-order valence-corrected chi connectivity index (χ4v) is 3.18. The van der Waals surface area contributed by atoms with Gasteiger partial charge in [-0.25, -0.2) is 0 Å². The summed E-state index contributed by atoms with van der Waals surface area (Å²) in [6.45, 7) is 4.40. The zero-order valence-electron chi connectivity index (χ0n) is 15.4. The Morgan fingerprint density at radius 3 is 2.37 bits per heavy atom. The largest absolute Gasteiger partial charge is 0.508 e. The Kier molecular flexibility index (Phi) is 7.25. The summed E-state index contributed by atoms with van der Waals surface area (Å²) in [7, 11) is 0. The van der Waals surface area contributed by atoms with E-state index in [0.717, 1.165) is 6.42 Å².